The van der Waals surface area contributed by atoms with Crippen molar-refractivity contribution in [1.82, 2.24) is 9.97 Å². The van der Waals surface area contributed by atoms with Gasteiger partial charge in [0, 0.05) is 29.5 Å². The van der Waals surface area contributed by atoms with Crippen molar-refractivity contribution in [2.45, 2.75) is 39.2 Å². The highest BCUT2D eigenvalue weighted by Gasteiger charge is 2.23. The molecule has 8 heteroatoms. The molecule has 0 spiro atoms. The van der Waals surface area contributed by atoms with Gasteiger partial charge in [-0.15, -0.1) is 0 Å². The molecule has 0 radical (unpaired) electrons. The molecule has 0 N–H and O–H groups in total. The molecule has 4 rings (SSSR count). The van der Waals surface area contributed by atoms with Crippen molar-refractivity contribution in [3.63, 3.8) is 0 Å². The summed E-state index contributed by atoms with van der Waals surface area (Å²) in [4.78, 5) is 25.7. The number of hydrogen-bond acceptors (Lipinski definition) is 7. The van der Waals surface area contributed by atoms with Crippen LogP contribution in [0.5, 0.6) is 0 Å². The standard InChI is InChI=1S/C28H33ClN4O3/c1-28(2,3)36-27(34)20-35-19-21-12-14-32(15-13-21)25-17-30-18-26(31-25)33(23-9-5-4-6-10-23)24-11-7-8-22(29)16-24/h4-11,16-18,21H,12-15,19-20H2,1-3H3. The van der Waals surface area contributed by atoms with Crippen molar-refractivity contribution in [2.24, 2.45) is 5.92 Å². The Bertz CT molecular complexity index is 1140. The molecule has 1 saturated heterocycles. The van der Waals surface area contributed by atoms with Crippen LogP contribution in [0.2, 0.25) is 5.02 Å². The van der Waals surface area contributed by atoms with Gasteiger partial charge in [0.2, 0.25) is 0 Å². The number of ether oxygens (including phenoxy) is 2. The molecule has 0 amide bonds. The maximum Gasteiger partial charge on any atom is 0.332 e. The number of para-hydroxylation sites is 1. The molecule has 190 valence electrons. The quantitative estimate of drug-likeness (QED) is 0.337. The Hall–Kier alpha value is -3.16. The van der Waals surface area contributed by atoms with Crippen molar-refractivity contribution in [3.8, 4) is 0 Å². The molecule has 1 aromatic heterocycles. The van der Waals surface area contributed by atoms with Crippen LogP contribution in [-0.2, 0) is 14.3 Å². The maximum absolute atomic E-state index is 11.9. The lowest BCUT2D eigenvalue weighted by Gasteiger charge is -2.33. The summed E-state index contributed by atoms with van der Waals surface area (Å²) in [5, 5.41) is 0.661. The lowest BCUT2D eigenvalue weighted by atomic mass is 9.98. The average molecular weight is 509 g/mol. The highest BCUT2D eigenvalue weighted by molar-refractivity contribution is 6.30. The van der Waals surface area contributed by atoms with Crippen LogP contribution in [0.25, 0.3) is 0 Å². The third-order valence-electron chi connectivity index (χ3n) is 5.85. The summed E-state index contributed by atoms with van der Waals surface area (Å²) in [6.07, 6.45) is 5.49. The normalized spacial score (nSPS) is 14.5. The number of anilines is 4. The second kappa shape index (κ2) is 11.7. The molecule has 36 heavy (non-hydrogen) atoms. The van der Waals surface area contributed by atoms with E-state index >= 15 is 0 Å². The smallest absolute Gasteiger partial charge is 0.332 e. The third kappa shape index (κ3) is 7.18. The Labute approximate surface area is 218 Å². The zero-order valence-electron chi connectivity index (χ0n) is 21.1. The van der Waals surface area contributed by atoms with Crippen molar-refractivity contribution in [2.75, 3.05) is 36.1 Å². The van der Waals surface area contributed by atoms with Gasteiger partial charge in [-0.2, -0.15) is 0 Å². The lowest BCUT2D eigenvalue weighted by Crippen LogP contribution is -2.36. The molecule has 7 nitrogen and oxygen atoms in total. The fraction of sp³-hybridized carbons (Fsp3) is 0.393. The van der Waals surface area contributed by atoms with E-state index in [-0.39, 0.29) is 12.6 Å². The molecule has 0 aliphatic carbocycles. The van der Waals surface area contributed by atoms with Gasteiger partial charge in [-0.25, -0.2) is 9.78 Å². The van der Waals surface area contributed by atoms with E-state index in [1.807, 2.05) is 81.6 Å². The molecule has 0 unspecified atom stereocenters. The number of piperidine rings is 1. The SMILES string of the molecule is CC(C)(C)OC(=O)COCC1CCN(c2cncc(N(c3ccccc3)c3cccc(Cl)c3)n2)CC1. The van der Waals surface area contributed by atoms with E-state index in [2.05, 4.69) is 14.8 Å². The Morgan fingerprint density at radius 2 is 1.78 bits per heavy atom. The van der Waals surface area contributed by atoms with Crippen LogP contribution >= 0.6 is 11.6 Å². The van der Waals surface area contributed by atoms with Crippen LogP contribution < -0.4 is 9.80 Å². The molecular weight excluding hydrogens is 476 g/mol. The minimum atomic E-state index is -0.496. The minimum absolute atomic E-state index is 0.0101. The van der Waals surface area contributed by atoms with Crippen LogP contribution in [0.1, 0.15) is 33.6 Å². The van der Waals surface area contributed by atoms with Gasteiger partial charge in [0.1, 0.15) is 18.0 Å². The number of halogens is 1. The van der Waals surface area contributed by atoms with E-state index in [1.165, 1.54) is 0 Å². The molecule has 1 aliphatic rings. The van der Waals surface area contributed by atoms with E-state index < -0.39 is 5.60 Å². The summed E-state index contributed by atoms with van der Waals surface area (Å²) >= 11 is 6.31. The molecular formula is C28H33ClN4O3. The molecule has 1 fully saturated rings. The van der Waals surface area contributed by atoms with E-state index in [0.717, 1.165) is 48.9 Å². The van der Waals surface area contributed by atoms with Crippen molar-refractivity contribution < 1.29 is 14.3 Å². The van der Waals surface area contributed by atoms with E-state index in [9.17, 15) is 4.79 Å². The Morgan fingerprint density at radius 1 is 1.06 bits per heavy atom. The van der Waals surface area contributed by atoms with Crippen LogP contribution in [0.15, 0.2) is 67.0 Å². The first-order valence-electron chi connectivity index (χ1n) is 12.3. The van der Waals surface area contributed by atoms with Gasteiger partial charge >= 0.3 is 5.97 Å². The number of benzene rings is 2. The summed E-state index contributed by atoms with van der Waals surface area (Å²) in [7, 11) is 0. The summed E-state index contributed by atoms with van der Waals surface area (Å²) in [6.45, 7) is 7.80. The summed E-state index contributed by atoms with van der Waals surface area (Å²) < 4.78 is 10.9. The van der Waals surface area contributed by atoms with Crippen molar-refractivity contribution >= 4 is 40.6 Å². The summed E-state index contributed by atoms with van der Waals surface area (Å²) in [6, 6.07) is 17.8. The lowest BCUT2D eigenvalue weighted by molar-refractivity contribution is -0.160. The highest BCUT2D eigenvalue weighted by Crippen LogP contribution is 2.35. The van der Waals surface area contributed by atoms with Crippen molar-refractivity contribution in [3.05, 3.63) is 72.0 Å². The first kappa shape index (κ1) is 25.9. The number of rotatable bonds is 8. The Balaban J connectivity index is 1.41. The van der Waals surface area contributed by atoms with Crippen LogP contribution in [0.3, 0.4) is 0 Å². The fourth-order valence-corrected chi connectivity index (χ4v) is 4.40. The van der Waals surface area contributed by atoms with E-state index in [4.69, 9.17) is 26.1 Å². The minimum Gasteiger partial charge on any atom is -0.458 e. The van der Waals surface area contributed by atoms with Gasteiger partial charge in [0.25, 0.3) is 0 Å². The predicted molar refractivity (Wildman–Crippen MR) is 143 cm³/mol. The zero-order chi connectivity index (χ0) is 25.5. The second-order valence-corrected chi connectivity index (χ2v) is 10.4. The number of hydrogen-bond donors (Lipinski definition) is 0. The van der Waals surface area contributed by atoms with Gasteiger partial charge in [0.15, 0.2) is 5.82 Å². The second-order valence-electron chi connectivity index (χ2n) is 9.92. The van der Waals surface area contributed by atoms with Gasteiger partial charge in [-0.1, -0.05) is 35.9 Å². The summed E-state index contributed by atoms with van der Waals surface area (Å²) in [5.74, 6) is 1.63. The van der Waals surface area contributed by atoms with Crippen LogP contribution in [-0.4, -0.2) is 47.8 Å². The summed E-state index contributed by atoms with van der Waals surface area (Å²) in [5.41, 5.74) is 1.40. The number of nitrogens with zero attached hydrogens (tertiary/aromatic N) is 4. The van der Waals surface area contributed by atoms with Gasteiger partial charge in [-0.05, 0) is 69.9 Å². The van der Waals surface area contributed by atoms with E-state index in [0.29, 0.717) is 17.5 Å². The maximum atomic E-state index is 11.9. The number of carbonyl (C=O) groups is 1. The first-order chi connectivity index (χ1) is 17.3. The molecule has 2 aromatic carbocycles. The molecule has 2 heterocycles. The van der Waals surface area contributed by atoms with Gasteiger partial charge < -0.3 is 14.4 Å². The number of aromatic nitrogens is 2. The van der Waals surface area contributed by atoms with Crippen molar-refractivity contribution in [1.29, 1.82) is 0 Å². The molecule has 0 bridgehead atoms. The van der Waals surface area contributed by atoms with Gasteiger partial charge in [0.05, 0.1) is 19.0 Å². The third-order valence-corrected chi connectivity index (χ3v) is 6.09. The highest BCUT2D eigenvalue weighted by atomic mass is 35.5. The molecule has 3 aromatic rings. The molecule has 1 aliphatic heterocycles. The fourth-order valence-electron chi connectivity index (χ4n) is 4.22. The zero-order valence-corrected chi connectivity index (χ0v) is 21.8. The average Bonchev–Trinajstić information content (AvgIpc) is 2.85. The Morgan fingerprint density at radius 3 is 2.47 bits per heavy atom. The largest absolute Gasteiger partial charge is 0.458 e. The van der Waals surface area contributed by atoms with Crippen LogP contribution in [0.4, 0.5) is 23.0 Å². The Kier molecular flexibility index (Phi) is 8.44. The number of esters is 1. The molecule has 0 saturated carbocycles. The van der Waals surface area contributed by atoms with Gasteiger partial charge in [-0.3, -0.25) is 9.88 Å². The topological polar surface area (TPSA) is 67.8 Å². The first-order valence-corrected chi connectivity index (χ1v) is 12.6. The predicted octanol–water partition coefficient (Wildman–Crippen LogP) is 6.17. The van der Waals surface area contributed by atoms with E-state index in [1.54, 1.807) is 6.20 Å². The monoisotopic (exact) mass is 508 g/mol. The van der Waals surface area contributed by atoms with Crippen LogP contribution in [0, 0.1) is 5.92 Å². The molecule has 0 atom stereocenters. The number of carbonyl (C=O) groups excluding carboxylic acids is 1.